The van der Waals surface area contributed by atoms with E-state index in [4.69, 9.17) is 14.2 Å². The molecule has 0 aliphatic heterocycles. The predicted octanol–water partition coefficient (Wildman–Crippen LogP) is 1.96. The molecule has 0 bridgehead atoms. The summed E-state index contributed by atoms with van der Waals surface area (Å²) in [5.74, 6) is -0.952. The zero-order valence-electron chi connectivity index (χ0n) is 16.8. The van der Waals surface area contributed by atoms with Gasteiger partial charge in [-0.1, -0.05) is 0 Å². The molecule has 0 spiro atoms. The molecule has 2 rings (SSSR count). The first-order chi connectivity index (χ1) is 14.0. The molecule has 2 aromatic rings. The normalized spacial score (nSPS) is 13.0. The molecule has 0 radical (unpaired) electrons. The Morgan fingerprint density at radius 2 is 1.50 bits per heavy atom. The first-order valence-corrected chi connectivity index (χ1v) is 11.6. The average Bonchev–Trinajstić information content (AvgIpc) is 2.67. The monoisotopic (exact) mass is 462 g/mol. The summed E-state index contributed by atoms with van der Waals surface area (Å²) in [6.45, 7) is 1.83. The number of sulfonamides is 2. The van der Waals surface area contributed by atoms with Gasteiger partial charge in [0.1, 0.15) is 10.7 Å². The second-order valence-corrected chi connectivity index (χ2v) is 9.61. The fourth-order valence-corrected chi connectivity index (χ4v) is 4.93. The molecule has 30 heavy (non-hydrogen) atoms. The first kappa shape index (κ1) is 23.9. The number of hydrogen-bond acceptors (Lipinski definition) is 7. The zero-order valence-corrected chi connectivity index (χ0v) is 18.4. The number of nitrogens with one attached hydrogen (secondary N) is 2. The van der Waals surface area contributed by atoms with E-state index in [0.717, 1.165) is 12.1 Å². The number of methoxy groups -OCH3 is 3. The van der Waals surface area contributed by atoms with Crippen molar-refractivity contribution in [3.8, 4) is 11.5 Å². The molecule has 0 aliphatic carbocycles. The lowest BCUT2D eigenvalue weighted by Gasteiger charge is -2.14. The maximum atomic E-state index is 14.3. The Morgan fingerprint density at radius 1 is 0.933 bits per heavy atom. The van der Waals surface area contributed by atoms with Crippen LogP contribution >= 0.6 is 0 Å². The van der Waals surface area contributed by atoms with Crippen molar-refractivity contribution in [1.82, 2.24) is 4.72 Å². The van der Waals surface area contributed by atoms with E-state index in [1.54, 1.807) is 6.92 Å². The lowest BCUT2D eigenvalue weighted by atomic mass is 10.3. The van der Waals surface area contributed by atoms with Crippen LogP contribution in [0.1, 0.15) is 6.92 Å². The first-order valence-electron chi connectivity index (χ1n) is 8.59. The number of hydrogen-bond donors (Lipinski definition) is 2. The Morgan fingerprint density at radius 3 is 2.03 bits per heavy atom. The minimum absolute atomic E-state index is 0.0389. The van der Waals surface area contributed by atoms with E-state index < -0.39 is 36.8 Å². The van der Waals surface area contributed by atoms with E-state index in [0.29, 0.717) is 0 Å². The zero-order chi connectivity index (χ0) is 22.5. The molecule has 1 atom stereocenters. The largest absolute Gasteiger partial charge is 0.493 e. The second-order valence-electron chi connectivity index (χ2n) is 6.25. The van der Waals surface area contributed by atoms with Gasteiger partial charge in [0.25, 0.3) is 10.0 Å². The molecule has 0 saturated carbocycles. The van der Waals surface area contributed by atoms with Gasteiger partial charge < -0.3 is 14.2 Å². The van der Waals surface area contributed by atoms with Gasteiger partial charge in [-0.3, -0.25) is 4.72 Å². The summed E-state index contributed by atoms with van der Waals surface area (Å²) >= 11 is 0. The summed E-state index contributed by atoms with van der Waals surface area (Å²) in [5, 5.41) is 0. The van der Waals surface area contributed by atoms with E-state index in [1.165, 1.54) is 45.6 Å². The van der Waals surface area contributed by atoms with Crippen molar-refractivity contribution in [3.05, 3.63) is 42.2 Å². The van der Waals surface area contributed by atoms with E-state index >= 15 is 0 Å². The number of rotatable bonds is 10. The van der Waals surface area contributed by atoms with Gasteiger partial charge in [-0.25, -0.2) is 25.9 Å². The molecule has 1 unspecified atom stereocenters. The maximum Gasteiger partial charge on any atom is 0.264 e. The molecule has 2 aromatic carbocycles. The van der Waals surface area contributed by atoms with E-state index in [-0.39, 0.29) is 28.7 Å². The molecular weight excluding hydrogens is 439 g/mol. The fourth-order valence-electron chi connectivity index (χ4n) is 2.57. The average molecular weight is 463 g/mol. The molecule has 0 heterocycles. The van der Waals surface area contributed by atoms with Crippen LogP contribution in [0.25, 0.3) is 0 Å². The molecule has 0 aliphatic rings. The van der Waals surface area contributed by atoms with Crippen LogP contribution in [0.3, 0.4) is 0 Å². The van der Waals surface area contributed by atoms with Crippen LogP contribution in [0, 0.1) is 5.82 Å². The van der Waals surface area contributed by atoms with Gasteiger partial charge in [0.15, 0.2) is 11.5 Å². The summed E-state index contributed by atoms with van der Waals surface area (Å²) in [5.41, 5.74) is 0.0491. The van der Waals surface area contributed by atoms with Crippen molar-refractivity contribution in [2.24, 2.45) is 0 Å². The molecule has 0 amide bonds. The van der Waals surface area contributed by atoms with E-state index in [2.05, 4.69) is 9.44 Å². The summed E-state index contributed by atoms with van der Waals surface area (Å²) in [6.07, 6.45) is 0. The van der Waals surface area contributed by atoms with Crippen molar-refractivity contribution in [2.45, 2.75) is 22.8 Å². The van der Waals surface area contributed by atoms with Gasteiger partial charge in [-0.15, -0.1) is 0 Å². The smallest absolute Gasteiger partial charge is 0.264 e. The van der Waals surface area contributed by atoms with Gasteiger partial charge in [-0.05, 0) is 31.2 Å². The molecular formula is C18H23FN2O7S2. The molecule has 166 valence electrons. The van der Waals surface area contributed by atoms with Crippen LogP contribution in [-0.2, 0) is 24.8 Å². The Labute approximate surface area is 175 Å². The molecule has 9 nitrogen and oxygen atoms in total. The quantitative estimate of drug-likeness (QED) is 0.554. The minimum atomic E-state index is -4.32. The predicted molar refractivity (Wildman–Crippen MR) is 108 cm³/mol. The maximum absolute atomic E-state index is 14.3. The van der Waals surface area contributed by atoms with E-state index in [1.807, 2.05) is 0 Å². The lowest BCUT2D eigenvalue weighted by molar-refractivity contribution is 0.180. The molecule has 0 saturated heterocycles. The van der Waals surface area contributed by atoms with Gasteiger partial charge in [0.2, 0.25) is 10.0 Å². The fraction of sp³-hybridized carbons (Fsp3) is 0.333. The number of anilines is 1. The Hall–Kier alpha value is -2.41. The third-order valence-corrected chi connectivity index (χ3v) is 6.92. The highest BCUT2D eigenvalue weighted by Crippen LogP contribution is 2.32. The molecule has 12 heteroatoms. The summed E-state index contributed by atoms with van der Waals surface area (Å²) in [6, 6.07) is 6.41. The SMILES string of the molecule is COCC(C)NS(=O)(=O)c1ccc(NS(=O)(=O)c2cc(OC)c(OC)cc2F)cc1. The standard InChI is InChI=1S/C18H23FN2O7S2/c1-12(11-26-2)20-29(22,23)14-7-5-13(6-8-14)21-30(24,25)18-10-17(28-4)16(27-3)9-15(18)19/h5-10,12,20-21H,11H2,1-4H3. The summed E-state index contributed by atoms with van der Waals surface area (Å²) < 4.78 is 83.6. The number of benzene rings is 2. The lowest BCUT2D eigenvalue weighted by Crippen LogP contribution is -2.35. The Kier molecular flexibility index (Phi) is 7.64. The summed E-state index contributed by atoms with van der Waals surface area (Å²) in [7, 11) is -4.09. The third kappa shape index (κ3) is 5.59. The highest BCUT2D eigenvalue weighted by atomic mass is 32.2. The molecule has 2 N–H and O–H groups in total. The van der Waals surface area contributed by atoms with Crippen LogP contribution in [0.5, 0.6) is 11.5 Å². The van der Waals surface area contributed by atoms with Crippen molar-refractivity contribution in [3.63, 3.8) is 0 Å². The van der Waals surface area contributed by atoms with Gasteiger partial charge in [0.05, 0.1) is 25.7 Å². The van der Waals surface area contributed by atoms with Crippen LogP contribution < -0.4 is 18.9 Å². The number of halogens is 1. The number of ether oxygens (including phenoxy) is 3. The third-order valence-electron chi connectivity index (χ3n) is 3.92. The van der Waals surface area contributed by atoms with Crippen LogP contribution in [-0.4, -0.2) is 50.8 Å². The van der Waals surface area contributed by atoms with Crippen LogP contribution in [0.4, 0.5) is 10.1 Å². The van der Waals surface area contributed by atoms with Gasteiger partial charge >= 0.3 is 0 Å². The molecule has 0 aromatic heterocycles. The van der Waals surface area contributed by atoms with Crippen LogP contribution in [0.2, 0.25) is 0 Å². The van der Waals surface area contributed by atoms with Crippen molar-refractivity contribution >= 4 is 25.7 Å². The van der Waals surface area contributed by atoms with Crippen LogP contribution in [0.15, 0.2) is 46.2 Å². The summed E-state index contributed by atoms with van der Waals surface area (Å²) in [4.78, 5) is -0.711. The van der Waals surface area contributed by atoms with Crippen molar-refractivity contribution < 1.29 is 35.4 Å². The van der Waals surface area contributed by atoms with Crippen molar-refractivity contribution in [2.75, 3.05) is 32.7 Å². The van der Waals surface area contributed by atoms with E-state index in [9.17, 15) is 21.2 Å². The van der Waals surface area contributed by atoms with Gasteiger partial charge in [0, 0.05) is 31.0 Å². The second kappa shape index (κ2) is 9.60. The highest BCUT2D eigenvalue weighted by Gasteiger charge is 2.23. The van der Waals surface area contributed by atoms with Gasteiger partial charge in [-0.2, -0.15) is 0 Å². The minimum Gasteiger partial charge on any atom is -0.493 e. The highest BCUT2D eigenvalue weighted by molar-refractivity contribution is 7.92. The molecule has 0 fully saturated rings. The Bertz CT molecular complexity index is 1090. The van der Waals surface area contributed by atoms with Crippen molar-refractivity contribution in [1.29, 1.82) is 0 Å². The topological polar surface area (TPSA) is 120 Å². The Balaban J connectivity index is 2.27.